The van der Waals surface area contributed by atoms with Gasteiger partial charge in [0.15, 0.2) is 0 Å². The number of hydrogen-bond acceptors (Lipinski definition) is 4. The number of aryl methyl sites for hydroxylation is 1. The van der Waals surface area contributed by atoms with Gasteiger partial charge in [-0.05, 0) is 24.4 Å². The molecule has 4 nitrogen and oxygen atoms in total. The summed E-state index contributed by atoms with van der Waals surface area (Å²) in [5.41, 5.74) is 0.802. The van der Waals surface area contributed by atoms with Crippen LogP contribution in [0, 0.1) is 12.8 Å². The molecule has 0 amide bonds. The van der Waals surface area contributed by atoms with Crippen LogP contribution in [-0.4, -0.2) is 27.7 Å². The number of hydrogen-bond donors (Lipinski definition) is 2. The summed E-state index contributed by atoms with van der Waals surface area (Å²) in [7, 11) is 0. The standard InChI is InChI=1S/C10H16ClN3O/c1-6(2)8(15)5-12-9-4-7(3)13-10(11)14-9/h4,6,8,15H,5H2,1-3H3,(H,12,13,14). The summed E-state index contributed by atoms with van der Waals surface area (Å²) >= 11 is 5.70. The quantitative estimate of drug-likeness (QED) is 0.774. The maximum absolute atomic E-state index is 9.59. The van der Waals surface area contributed by atoms with E-state index in [1.165, 1.54) is 0 Å². The second-order valence-electron chi connectivity index (χ2n) is 3.86. The molecule has 0 aliphatic carbocycles. The number of rotatable bonds is 4. The summed E-state index contributed by atoms with van der Waals surface area (Å²) in [6, 6.07) is 1.79. The minimum atomic E-state index is -0.390. The molecule has 0 aliphatic rings. The molecule has 5 heteroatoms. The highest BCUT2D eigenvalue weighted by Crippen LogP contribution is 2.10. The molecule has 1 atom stereocenters. The van der Waals surface area contributed by atoms with Crippen LogP contribution in [0.1, 0.15) is 19.5 Å². The minimum absolute atomic E-state index is 0.218. The Labute approximate surface area is 94.7 Å². The number of halogens is 1. The van der Waals surface area contributed by atoms with E-state index in [9.17, 15) is 5.11 Å². The molecule has 0 saturated heterocycles. The average molecular weight is 230 g/mol. The number of aliphatic hydroxyl groups is 1. The van der Waals surface area contributed by atoms with Gasteiger partial charge in [0.1, 0.15) is 5.82 Å². The Morgan fingerprint density at radius 3 is 2.67 bits per heavy atom. The molecule has 2 N–H and O–H groups in total. The van der Waals surface area contributed by atoms with Crippen LogP contribution in [0.4, 0.5) is 5.82 Å². The van der Waals surface area contributed by atoms with Crippen molar-refractivity contribution in [2.24, 2.45) is 5.92 Å². The smallest absolute Gasteiger partial charge is 0.224 e. The highest BCUT2D eigenvalue weighted by Gasteiger charge is 2.09. The van der Waals surface area contributed by atoms with Crippen molar-refractivity contribution in [1.29, 1.82) is 0 Å². The molecule has 1 heterocycles. The zero-order chi connectivity index (χ0) is 11.4. The van der Waals surface area contributed by atoms with Gasteiger partial charge in [0.05, 0.1) is 6.10 Å². The Hall–Kier alpha value is -0.870. The van der Waals surface area contributed by atoms with Crippen molar-refractivity contribution in [3.63, 3.8) is 0 Å². The molecule has 1 aromatic heterocycles. The SMILES string of the molecule is Cc1cc(NCC(O)C(C)C)nc(Cl)n1. The van der Waals surface area contributed by atoms with Crippen molar-refractivity contribution in [3.8, 4) is 0 Å². The lowest BCUT2D eigenvalue weighted by Gasteiger charge is -2.15. The molecular formula is C10H16ClN3O. The van der Waals surface area contributed by atoms with Crippen LogP contribution in [0.25, 0.3) is 0 Å². The Balaban J connectivity index is 2.57. The normalized spacial score (nSPS) is 12.9. The third-order valence-electron chi connectivity index (χ3n) is 2.09. The molecule has 0 fully saturated rings. The van der Waals surface area contributed by atoms with Gasteiger partial charge in [-0.25, -0.2) is 9.97 Å². The molecule has 0 bridgehead atoms. The Morgan fingerprint density at radius 2 is 2.13 bits per heavy atom. The Morgan fingerprint density at radius 1 is 1.47 bits per heavy atom. The molecular weight excluding hydrogens is 214 g/mol. The molecule has 0 saturated carbocycles. The molecule has 0 aliphatic heterocycles. The molecule has 0 spiro atoms. The lowest BCUT2D eigenvalue weighted by Crippen LogP contribution is -2.25. The Bertz CT molecular complexity index is 310. The summed E-state index contributed by atoms with van der Waals surface area (Å²) in [5.74, 6) is 0.864. The average Bonchev–Trinajstić information content (AvgIpc) is 2.12. The van der Waals surface area contributed by atoms with E-state index < -0.39 is 0 Å². The lowest BCUT2D eigenvalue weighted by atomic mass is 10.1. The highest BCUT2D eigenvalue weighted by atomic mass is 35.5. The lowest BCUT2D eigenvalue weighted by molar-refractivity contribution is 0.138. The van der Waals surface area contributed by atoms with Gasteiger partial charge in [0, 0.05) is 18.3 Å². The number of aliphatic hydroxyl groups excluding tert-OH is 1. The maximum Gasteiger partial charge on any atom is 0.224 e. The van der Waals surface area contributed by atoms with Gasteiger partial charge in [0.25, 0.3) is 0 Å². The highest BCUT2D eigenvalue weighted by molar-refractivity contribution is 6.28. The first kappa shape index (κ1) is 12.2. The molecule has 0 aromatic carbocycles. The fourth-order valence-electron chi connectivity index (χ4n) is 1.07. The van der Waals surface area contributed by atoms with E-state index in [1.807, 2.05) is 20.8 Å². The van der Waals surface area contributed by atoms with Crippen LogP contribution in [0.5, 0.6) is 0 Å². The third-order valence-corrected chi connectivity index (χ3v) is 2.26. The molecule has 15 heavy (non-hydrogen) atoms. The minimum Gasteiger partial charge on any atom is -0.391 e. The third kappa shape index (κ3) is 4.01. The second-order valence-corrected chi connectivity index (χ2v) is 4.19. The van der Waals surface area contributed by atoms with Crippen LogP contribution >= 0.6 is 11.6 Å². The Kier molecular flexibility index (Phi) is 4.29. The van der Waals surface area contributed by atoms with E-state index in [1.54, 1.807) is 6.07 Å². The van der Waals surface area contributed by atoms with Gasteiger partial charge in [-0.2, -0.15) is 0 Å². The van der Waals surface area contributed by atoms with Crippen molar-refractivity contribution >= 4 is 17.4 Å². The van der Waals surface area contributed by atoms with E-state index in [-0.39, 0.29) is 17.3 Å². The summed E-state index contributed by atoms with van der Waals surface area (Å²) in [6.07, 6.45) is -0.390. The van der Waals surface area contributed by atoms with Crippen LogP contribution in [-0.2, 0) is 0 Å². The van der Waals surface area contributed by atoms with Crippen molar-refractivity contribution in [3.05, 3.63) is 17.0 Å². The van der Waals surface area contributed by atoms with E-state index in [2.05, 4.69) is 15.3 Å². The molecule has 0 radical (unpaired) electrons. The topological polar surface area (TPSA) is 58.0 Å². The fraction of sp³-hybridized carbons (Fsp3) is 0.600. The predicted octanol–water partition coefficient (Wildman–Crippen LogP) is 1.87. The van der Waals surface area contributed by atoms with Gasteiger partial charge in [-0.1, -0.05) is 13.8 Å². The van der Waals surface area contributed by atoms with Gasteiger partial charge < -0.3 is 10.4 Å². The number of aromatic nitrogens is 2. The molecule has 1 aromatic rings. The molecule has 1 unspecified atom stereocenters. The van der Waals surface area contributed by atoms with E-state index in [0.29, 0.717) is 12.4 Å². The van der Waals surface area contributed by atoms with E-state index in [4.69, 9.17) is 11.6 Å². The summed E-state index contributed by atoms with van der Waals surface area (Å²) in [6.45, 7) is 6.23. The first-order valence-electron chi connectivity index (χ1n) is 4.92. The van der Waals surface area contributed by atoms with Crippen molar-refractivity contribution in [1.82, 2.24) is 9.97 Å². The fourth-order valence-corrected chi connectivity index (χ4v) is 1.29. The molecule has 1 rings (SSSR count). The first-order valence-corrected chi connectivity index (χ1v) is 5.30. The van der Waals surface area contributed by atoms with Gasteiger partial charge in [-0.3, -0.25) is 0 Å². The van der Waals surface area contributed by atoms with Crippen molar-refractivity contribution in [2.45, 2.75) is 26.9 Å². The van der Waals surface area contributed by atoms with Gasteiger partial charge >= 0.3 is 0 Å². The van der Waals surface area contributed by atoms with Crippen molar-refractivity contribution in [2.75, 3.05) is 11.9 Å². The van der Waals surface area contributed by atoms with Crippen LogP contribution in [0.3, 0.4) is 0 Å². The monoisotopic (exact) mass is 229 g/mol. The van der Waals surface area contributed by atoms with E-state index in [0.717, 1.165) is 5.69 Å². The number of anilines is 1. The zero-order valence-electron chi connectivity index (χ0n) is 9.16. The summed E-state index contributed by atoms with van der Waals surface area (Å²) in [5, 5.41) is 12.8. The van der Waals surface area contributed by atoms with E-state index >= 15 is 0 Å². The first-order chi connectivity index (χ1) is 6.99. The molecule has 84 valence electrons. The second kappa shape index (κ2) is 5.28. The van der Waals surface area contributed by atoms with Crippen molar-refractivity contribution < 1.29 is 5.11 Å². The van der Waals surface area contributed by atoms with Crippen LogP contribution < -0.4 is 5.32 Å². The number of nitrogens with zero attached hydrogens (tertiary/aromatic N) is 2. The maximum atomic E-state index is 9.59. The predicted molar refractivity (Wildman–Crippen MR) is 61.1 cm³/mol. The van der Waals surface area contributed by atoms with Crippen LogP contribution in [0.2, 0.25) is 5.28 Å². The van der Waals surface area contributed by atoms with Gasteiger partial charge in [0.2, 0.25) is 5.28 Å². The zero-order valence-corrected chi connectivity index (χ0v) is 9.91. The number of nitrogens with one attached hydrogen (secondary N) is 1. The summed E-state index contributed by atoms with van der Waals surface area (Å²) < 4.78 is 0. The van der Waals surface area contributed by atoms with Crippen LogP contribution in [0.15, 0.2) is 6.07 Å². The largest absolute Gasteiger partial charge is 0.391 e. The summed E-state index contributed by atoms with van der Waals surface area (Å²) in [4.78, 5) is 7.95. The van der Waals surface area contributed by atoms with Gasteiger partial charge in [-0.15, -0.1) is 0 Å².